The Morgan fingerprint density at radius 3 is 1.41 bits per heavy atom. The summed E-state index contributed by atoms with van der Waals surface area (Å²) in [5, 5.41) is 0. The minimum Gasteiger partial charge on any atom is -0.386 e. The average molecular weight is 397 g/mol. The van der Waals surface area contributed by atoms with Gasteiger partial charge in [-0.2, -0.15) is 0 Å². The molecule has 0 aliphatic carbocycles. The standard InChI is InChI=1S/C18H7NO10/c20-13(7-1-3-9-11(5-7)17(24)26-15(9)22)28-19-29-14(21)8-2-4-10-12(6-8)18(25)27-16(10)23/h1-6,19H. The summed E-state index contributed by atoms with van der Waals surface area (Å²) in [6, 6.07) is 7.06. The van der Waals surface area contributed by atoms with E-state index in [9.17, 15) is 28.8 Å². The van der Waals surface area contributed by atoms with Gasteiger partial charge in [0.25, 0.3) is 0 Å². The molecule has 0 saturated heterocycles. The van der Waals surface area contributed by atoms with Gasteiger partial charge in [-0.3, -0.25) is 0 Å². The van der Waals surface area contributed by atoms with Crippen LogP contribution in [-0.4, -0.2) is 35.8 Å². The van der Waals surface area contributed by atoms with Gasteiger partial charge >= 0.3 is 35.8 Å². The molecule has 2 aliphatic heterocycles. The van der Waals surface area contributed by atoms with Gasteiger partial charge in [-0.05, 0) is 36.4 Å². The Bertz CT molecular complexity index is 1060. The van der Waals surface area contributed by atoms with Gasteiger partial charge in [0.15, 0.2) is 0 Å². The highest BCUT2D eigenvalue weighted by Gasteiger charge is 2.31. The van der Waals surface area contributed by atoms with Crippen LogP contribution in [0.1, 0.15) is 62.1 Å². The zero-order chi connectivity index (χ0) is 20.7. The molecule has 4 rings (SSSR count). The van der Waals surface area contributed by atoms with E-state index >= 15 is 0 Å². The van der Waals surface area contributed by atoms with Crippen LogP contribution >= 0.6 is 0 Å². The lowest BCUT2D eigenvalue weighted by Crippen LogP contribution is -2.24. The maximum absolute atomic E-state index is 12.0. The number of esters is 4. The SMILES string of the molecule is O=C(ONOC(=O)c1ccc2c(c1)C(=O)OC2=O)c1ccc2c(c1)C(=O)OC2=O. The molecule has 2 heterocycles. The van der Waals surface area contributed by atoms with Crippen molar-refractivity contribution >= 4 is 35.8 Å². The highest BCUT2D eigenvalue weighted by Crippen LogP contribution is 2.22. The number of fused-ring (bicyclic) bond motifs is 2. The van der Waals surface area contributed by atoms with Crippen LogP contribution in [0, 0.1) is 0 Å². The second-order valence-electron chi connectivity index (χ2n) is 5.74. The lowest BCUT2D eigenvalue weighted by Gasteiger charge is -2.06. The lowest BCUT2D eigenvalue weighted by atomic mass is 10.1. The molecule has 0 aromatic heterocycles. The monoisotopic (exact) mass is 397 g/mol. The van der Waals surface area contributed by atoms with Crippen LogP contribution in [0.25, 0.3) is 0 Å². The molecule has 29 heavy (non-hydrogen) atoms. The Morgan fingerprint density at radius 2 is 1.00 bits per heavy atom. The first-order valence-electron chi connectivity index (χ1n) is 7.83. The molecule has 2 aromatic carbocycles. The molecular weight excluding hydrogens is 390 g/mol. The van der Waals surface area contributed by atoms with Crippen LogP contribution in [0.4, 0.5) is 0 Å². The molecule has 1 N–H and O–H groups in total. The van der Waals surface area contributed by atoms with Crippen molar-refractivity contribution in [2.45, 2.75) is 0 Å². The predicted molar refractivity (Wildman–Crippen MR) is 86.3 cm³/mol. The zero-order valence-electron chi connectivity index (χ0n) is 14.0. The van der Waals surface area contributed by atoms with Crippen molar-refractivity contribution in [2.75, 3.05) is 0 Å². The van der Waals surface area contributed by atoms with E-state index in [1.54, 1.807) is 5.64 Å². The van der Waals surface area contributed by atoms with Crippen molar-refractivity contribution in [3.05, 3.63) is 69.8 Å². The van der Waals surface area contributed by atoms with Crippen LogP contribution in [0.15, 0.2) is 36.4 Å². The molecule has 0 atom stereocenters. The lowest BCUT2D eigenvalue weighted by molar-refractivity contribution is -0.100. The number of hydrogen-bond donors (Lipinski definition) is 1. The smallest absolute Gasteiger partial charge is 0.360 e. The van der Waals surface area contributed by atoms with E-state index in [1.165, 1.54) is 24.3 Å². The molecule has 2 aromatic rings. The summed E-state index contributed by atoms with van der Waals surface area (Å²) in [7, 11) is 0. The predicted octanol–water partition coefficient (Wildman–Crippen LogP) is 0.741. The minimum absolute atomic E-state index is 0.0135. The molecule has 0 spiro atoms. The van der Waals surface area contributed by atoms with Crippen molar-refractivity contribution in [1.29, 1.82) is 0 Å². The van der Waals surface area contributed by atoms with Crippen LogP contribution < -0.4 is 5.64 Å². The summed E-state index contributed by atoms with van der Waals surface area (Å²) in [5.74, 6) is -5.47. The Balaban J connectivity index is 1.38. The zero-order valence-corrected chi connectivity index (χ0v) is 14.0. The van der Waals surface area contributed by atoms with E-state index in [4.69, 9.17) is 0 Å². The third-order valence-electron chi connectivity index (χ3n) is 4.03. The van der Waals surface area contributed by atoms with Crippen molar-refractivity contribution < 1.29 is 47.9 Å². The third-order valence-corrected chi connectivity index (χ3v) is 4.03. The molecular formula is C18H7NO10. The van der Waals surface area contributed by atoms with E-state index in [1.807, 2.05) is 0 Å². The van der Waals surface area contributed by atoms with E-state index < -0.39 is 35.8 Å². The largest absolute Gasteiger partial charge is 0.386 e. The average Bonchev–Trinajstić information content (AvgIpc) is 3.16. The number of benzene rings is 2. The molecule has 0 amide bonds. The number of nitrogens with one attached hydrogen (secondary N) is 1. The number of carbonyl (C=O) groups excluding carboxylic acids is 6. The summed E-state index contributed by atoms with van der Waals surface area (Å²) in [4.78, 5) is 78.8. The molecule has 11 nitrogen and oxygen atoms in total. The molecule has 0 bridgehead atoms. The molecule has 0 unspecified atom stereocenters. The third kappa shape index (κ3) is 3.11. The number of hydrogen-bond acceptors (Lipinski definition) is 11. The number of ether oxygens (including phenoxy) is 2. The Kier molecular flexibility index (Phi) is 4.13. The van der Waals surface area contributed by atoms with E-state index in [-0.39, 0.29) is 33.4 Å². The summed E-state index contributed by atoms with van der Waals surface area (Å²) in [6.07, 6.45) is 0. The first-order valence-corrected chi connectivity index (χ1v) is 7.83. The molecule has 0 radical (unpaired) electrons. The van der Waals surface area contributed by atoms with Gasteiger partial charge in [0.2, 0.25) is 0 Å². The fourth-order valence-corrected chi connectivity index (χ4v) is 2.64. The van der Waals surface area contributed by atoms with Crippen molar-refractivity contribution in [3.8, 4) is 0 Å². The minimum atomic E-state index is -1.02. The van der Waals surface area contributed by atoms with Gasteiger partial charge < -0.3 is 19.1 Å². The fourth-order valence-electron chi connectivity index (χ4n) is 2.64. The second kappa shape index (κ2) is 6.65. The maximum atomic E-state index is 12.0. The fraction of sp³-hybridized carbons (Fsp3) is 0. The van der Waals surface area contributed by atoms with Crippen molar-refractivity contribution in [1.82, 2.24) is 5.64 Å². The Morgan fingerprint density at radius 1 is 0.621 bits per heavy atom. The van der Waals surface area contributed by atoms with Gasteiger partial charge in [-0.15, -0.1) is 0 Å². The van der Waals surface area contributed by atoms with Crippen molar-refractivity contribution in [3.63, 3.8) is 0 Å². The highest BCUT2D eigenvalue weighted by atomic mass is 16.9. The van der Waals surface area contributed by atoms with Gasteiger partial charge in [0.05, 0.1) is 33.4 Å². The molecule has 11 heteroatoms. The first kappa shape index (κ1) is 18.0. The molecule has 144 valence electrons. The Labute approximate surface area is 160 Å². The van der Waals surface area contributed by atoms with E-state index in [0.29, 0.717) is 0 Å². The van der Waals surface area contributed by atoms with E-state index in [0.717, 1.165) is 12.1 Å². The van der Waals surface area contributed by atoms with Gasteiger partial charge in [-0.25, -0.2) is 28.8 Å². The van der Waals surface area contributed by atoms with Crippen LogP contribution in [0.5, 0.6) is 0 Å². The number of rotatable bonds is 4. The quantitative estimate of drug-likeness (QED) is 0.336. The van der Waals surface area contributed by atoms with Gasteiger partial charge in [-0.1, -0.05) is 0 Å². The van der Waals surface area contributed by atoms with Crippen LogP contribution in [-0.2, 0) is 19.1 Å². The van der Waals surface area contributed by atoms with Crippen molar-refractivity contribution in [2.24, 2.45) is 0 Å². The topological polar surface area (TPSA) is 151 Å². The molecule has 0 fully saturated rings. The number of carbonyl (C=O) groups is 6. The van der Waals surface area contributed by atoms with Crippen LogP contribution in [0.3, 0.4) is 0 Å². The van der Waals surface area contributed by atoms with Gasteiger partial charge in [0.1, 0.15) is 0 Å². The van der Waals surface area contributed by atoms with E-state index in [2.05, 4.69) is 19.1 Å². The summed E-state index contributed by atoms with van der Waals surface area (Å²) in [5.41, 5.74) is 1.30. The first-order chi connectivity index (χ1) is 13.8. The summed E-state index contributed by atoms with van der Waals surface area (Å²) < 4.78 is 8.81. The molecule has 0 saturated carbocycles. The second-order valence-corrected chi connectivity index (χ2v) is 5.74. The summed E-state index contributed by atoms with van der Waals surface area (Å²) >= 11 is 0. The van der Waals surface area contributed by atoms with Crippen LogP contribution in [0.2, 0.25) is 0 Å². The summed E-state index contributed by atoms with van der Waals surface area (Å²) in [6.45, 7) is 0. The molecule has 2 aliphatic rings. The van der Waals surface area contributed by atoms with Gasteiger partial charge in [0, 0.05) is 5.64 Å². The normalized spacial score (nSPS) is 14.1. The number of cyclic esters (lactones) is 4. The highest BCUT2D eigenvalue weighted by molar-refractivity contribution is 6.16. The Hall–Kier alpha value is -4.38. The maximum Gasteiger partial charge on any atom is 0.360 e.